The van der Waals surface area contributed by atoms with E-state index in [9.17, 15) is 14.9 Å². The van der Waals surface area contributed by atoms with Gasteiger partial charge in [-0.3, -0.25) is 14.6 Å². The van der Waals surface area contributed by atoms with Crippen LogP contribution in [0.3, 0.4) is 0 Å². The van der Waals surface area contributed by atoms with E-state index in [1.54, 1.807) is 42.6 Å². The highest BCUT2D eigenvalue weighted by atomic mass is 32.2. The molecule has 0 spiro atoms. The SMILES string of the molecule is N#Cc1c(-c2cccc(C(=O)Nc3cccnc3)c2)cc(=O)[nH]c1SC/C(=N/N)NN. The Morgan fingerprint density at radius 3 is 2.81 bits per heavy atom. The van der Waals surface area contributed by atoms with E-state index < -0.39 is 5.56 Å². The zero-order valence-corrected chi connectivity index (χ0v) is 16.9. The predicted octanol–water partition coefficient (Wildman–Crippen LogP) is 1.39. The van der Waals surface area contributed by atoms with Gasteiger partial charge in [-0.1, -0.05) is 23.9 Å². The van der Waals surface area contributed by atoms with Crippen molar-refractivity contribution in [3.8, 4) is 17.2 Å². The molecule has 3 rings (SSSR count). The maximum atomic E-state index is 12.6. The number of hydrogen-bond donors (Lipinski definition) is 5. The van der Waals surface area contributed by atoms with Crippen molar-refractivity contribution < 1.29 is 4.79 Å². The first kappa shape index (κ1) is 21.6. The van der Waals surface area contributed by atoms with E-state index in [0.29, 0.717) is 27.4 Å². The number of rotatable bonds is 6. The normalized spacial score (nSPS) is 10.9. The van der Waals surface area contributed by atoms with Crippen LogP contribution in [0.2, 0.25) is 0 Å². The molecule has 0 aliphatic rings. The molecular formula is C20H18N8O2S. The lowest BCUT2D eigenvalue weighted by molar-refractivity contribution is 0.102. The zero-order chi connectivity index (χ0) is 22.2. The Morgan fingerprint density at radius 2 is 2.13 bits per heavy atom. The molecule has 0 saturated heterocycles. The number of aromatic amines is 1. The second kappa shape index (κ2) is 10.1. The number of carbonyl (C=O) groups is 1. The lowest BCUT2D eigenvalue weighted by atomic mass is 10.00. The van der Waals surface area contributed by atoms with E-state index in [-0.39, 0.29) is 23.1 Å². The van der Waals surface area contributed by atoms with Crippen LogP contribution in [0.1, 0.15) is 15.9 Å². The Hall–Kier alpha value is -4.14. The fourth-order valence-electron chi connectivity index (χ4n) is 2.71. The van der Waals surface area contributed by atoms with E-state index in [1.807, 2.05) is 0 Å². The summed E-state index contributed by atoms with van der Waals surface area (Å²) in [5, 5.41) is 16.3. The smallest absolute Gasteiger partial charge is 0.255 e. The van der Waals surface area contributed by atoms with E-state index in [0.717, 1.165) is 11.8 Å². The molecule has 1 aromatic carbocycles. The first-order valence-electron chi connectivity index (χ1n) is 8.91. The summed E-state index contributed by atoms with van der Waals surface area (Å²) in [6, 6.07) is 13.5. The third-order valence-electron chi connectivity index (χ3n) is 4.15. The lowest BCUT2D eigenvalue weighted by Crippen LogP contribution is -2.33. The number of H-pyrrole nitrogens is 1. The number of hydrogen-bond acceptors (Lipinski definition) is 8. The monoisotopic (exact) mass is 434 g/mol. The number of carbonyl (C=O) groups excluding carboxylic acids is 1. The van der Waals surface area contributed by atoms with Gasteiger partial charge in [0.15, 0.2) is 0 Å². The summed E-state index contributed by atoms with van der Waals surface area (Å²) in [5.74, 6) is 10.7. The largest absolute Gasteiger partial charge is 0.322 e. The molecule has 0 bridgehead atoms. The molecule has 11 heteroatoms. The number of nitrogens with two attached hydrogens (primary N) is 2. The zero-order valence-electron chi connectivity index (χ0n) is 16.1. The molecule has 0 fully saturated rings. The minimum Gasteiger partial charge on any atom is -0.322 e. The number of hydrazine groups is 1. The number of amides is 1. The van der Waals surface area contributed by atoms with Gasteiger partial charge in [-0.15, -0.1) is 0 Å². The van der Waals surface area contributed by atoms with Gasteiger partial charge in [0.1, 0.15) is 11.9 Å². The Labute approximate surface area is 181 Å². The third-order valence-corrected chi connectivity index (χ3v) is 5.16. The van der Waals surface area contributed by atoms with E-state index >= 15 is 0 Å². The number of amidine groups is 1. The Bertz CT molecular complexity index is 1220. The summed E-state index contributed by atoms with van der Waals surface area (Å²) in [4.78, 5) is 31.5. The third kappa shape index (κ3) is 5.27. The van der Waals surface area contributed by atoms with Crippen molar-refractivity contribution in [1.29, 1.82) is 5.26 Å². The molecule has 10 nitrogen and oxygen atoms in total. The quantitative estimate of drug-likeness (QED) is 0.127. The fraction of sp³-hybridized carbons (Fsp3) is 0.0500. The second-order valence-electron chi connectivity index (χ2n) is 6.15. The van der Waals surface area contributed by atoms with Crippen LogP contribution in [0.5, 0.6) is 0 Å². The van der Waals surface area contributed by atoms with Crippen molar-refractivity contribution in [2.75, 3.05) is 11.1 Å². The molecule has 156 valence electrons. The number of nitrogens with zero attached hydrogens (tertiary/aromatic N) is 3. The summed E-state index contributed by atoms with van der Waals surface area (Å²) in [7, 11) is 0. The predicted molar refractivity (Wildman–Crippen MR) is 119 cm³/mol. The van der Waals surface area contributed by atoms with Crippen LogP contribution >= 0.6 is 11.8 Å². The molecule has 0 unspecified atom stereocenters. The van der Waals surface area contributed by atoms with Crippen molar-refractivity contribution in [1.82, 2.24) is 15.4 Å². The van der Waals surface area contributed by atoms with E-state index in [2.05, 4.69) is 31.9 Å². The standard InChI is InChI=1S/C20H18N8O2S/c21-9-16-15(8-18(29)26-20(16)31-11-17(27-22)28-23)12-3-1-4-13(7-12)19(30)25-14-5-2-6-24-10-14/h1-8,10H,11,22-23H2,(H,25,30)(H,26,29)(H,27,28). The maximum absolute atomic E-state index is 12.6. The average Bonchev–Trinajstić information content (AvgIpc) is 2.80. The van der Waals surface area contributed by atoms with Crippen LogP contribution in [0.4, 0.5) is 5.69 Å². The minimum absolute atomic E-state index is 0.217. The van der Waals surface area contributed by atoms with Gasteiger partial charge >= 0.3 is 0 Å². The first-order chi connectivity index (χ1) is 15.0. The summed E-state index contributed by atoms with van der Waals surface area (Å²) in [6.45, 7) is 0. The van der Waals surface area contributed by atoms with Crippen LogP contribution < -0.4 is 28.0 Å². The second-order valence-corrected chi connectivity index (χ2v) is 7.13. The number of thioether (sulfide) groups is 1. The molecule has 31 heavy (non-hydrogen) atoms. The number of nitrogens with one attached hydrogen (secondary N) is 3. The molecule has 1 amide bonds. The lowest BCUT2D eigenvalue weighted by Gasteiger charge is -2.11. The minimum atomic E-state index is -0.395. The van der Waals surface area contributed by atoms with Crippen molar-refractivity contribution >= 4 is 29.2 Å². The molecule has 0 saturated carbocycles. The van der Waals surface area contributed by atoms with Gasteiger partial charge < -0.3 is 21.6 Å². The Morgan fingerprint density at radius 1 is 1.29 bits per heavy atom. The van der Waals surface area contributed by atoms with Crippen LogP contribution in [0, 0.1) is 11.3 Å². The number of nitriles is 1. The molecule has 2 aromatic heterocycles. The van der Waals surface area contributed by atoms with Crippen LogP contribution in [0.15, 0.2) is 69.8 Å². The molecule has 0 atom stereocenters. The highest BCUT2D eigenvalue weighted by molar-refractivity contribution is 8.00. The topological polar surface area (TPSA) is 175 Å². The molecule has 3 aromatic rings. The Balaban J connectivity index is 1.95. The van der Waals surface area contributed by atoms with E-state index in [1.165, 1.54) is 12.3 Å². The average molecular weight is 434 g/mol. The molecule has 0 aliphatic heterocycles. The molecule has 0 radical (unpaired) electrons. The van der Waals surface area contributed by atoms with Gasteiger partial charge in [0.25, 0.3) is 5.91 Å². The van der Waals surface area contributed by atoms with Gasteiger partial charge in [-0.25, -0.2) is 5.84 Å². The van der Waals surface area contributed by atoms with Crippen molar-refractivity contribution in [2.24, 2.45) is 16.8 Å². The van der Waals surface area contributed by atoms with Crippen LogP contribution in [-0.4, -0.2) is 27.5 Å². The van der Waals surface area contributed by atoms with Crippen LogP contribution in [-0.2, 0) is 0 Å². The highest BCUT2D eigenvalue weighted by Gasteiger charge is 2.15. The summed E-state index contributed by atoms with van der Waals surface area (Å²) < 4.78 is 0. The first-order valence-corrected chi connectivity index (χ1v) is 9.89. The fourth-order valence-corrected chi connectivity index (χ4v) is 3.62. The van der Waals surface area contributed by atoms with Crippen molar-refractivity contribution in [2.45, 2.75) is 5.03 Å². The van der Waals surface area contributed by atoms with E-state index in [4.69, 9.17) is 11.7 Å². The number of pyridine rings is 2. The van der Waals surface area contributed by atoms with Crippen LogP contribution in [0.25, 0.3) is 11.1 Å². The highest BCUT2D eigenvalue weighted by Crippen LogP contribution is 2.29. The van der Waals surface area contributed by atoms with Crippen molar-refractivity contribution in [3.63, 3.8) is 0 Å². The van der Waals surface area contributed by atoms with Crippen molar-refractivity contribution in [3.05, 3.63) is 76.3 Å². The summed E-state index contributed by atoms with van der Waals surface area (Å²) in [5.41, 5.74) is 4.06. The number of hydrazone groups is 1. The van der Waals surface area contributed by atoms with Gasteiger partial charge in [-0.05, 0) is 29.8 Å². The summed E-state index contributed by atoms with van der Waals surface area (Å²) >= 11 is 1.15. The maximum Gasteiger partial charge on any atom is 0.255 e. The van der Waals surface area contributed by atoms with Gasteiger partial charge in [0.05, 0.1) is 28.2 Å². The summed E-state index contributed by atoms with van der Waals surface area (Å²) in [6.07, 6.45) is 3.14. The van der Waals surface area contributed by atoms with Gasteiger partial charge in [0.2, 0.25) is 5.56 Å². The molecule has 0 aliphatic carbocycles. The Kier molecular flexibility index (Phi) is 7.00. The molecular weight excluding hydrogens is 416 g/mol. The number of benzene rings is 1. The molecule has 7 N–H and O–H groups in total. The number of anilines is 1. The van der Waals surface area contributed by atoms with Gasteiger partial charge in [-0.2, -0.15) is 10.4 Å². The van der Waals surface area contributed by atoms with Gasteiger partial charge in [0, 0.05) is 23.4 Å². The molecule has 2 heterocycles. The number of aromatic nitrogens is 2.